The summed E-state index contributed by atoms with van der Waals surface area (Å²) in [6.45, 7) is 1.48. The topological polar surface area (TPSA) is 107 Å². The van der Waals surface area contributed by atoms with Crippen LogP contribution in [0.4, 0.5) is 13.2 Å². The van der Waals surface area contributed by atoms with Crippen molar-refractivity contribution in [2.75, 3.05) is 6.54 Å². The second-order valence-electron chi connectivity index (χ2n) is 7.70. The predicted octanol–water partition coefficient (Wildman–Crippen LogP) is 3.01. The van der Waals surface area contributed by atoms with Crippen molar-refractivity contribution in [2.45, 2.75) is 44.9 Å². The average Bonchev–Trinajstić information content (AvgIpc) is 3.12. The van der Waals surface area contributed by atoms with Gasteiger partial charge in [-0.25, -0.2) is 15.0 Å². The molecule has 1 aliphatic heterocycles. The molecule has 0 unspecified atom stereocenters. The fourth-order valence-corrected chi connectivity index (χ4v) is 4.06. The number of fused-ring (bicyclic) bond motifs is 1. The number of likely N-dealkylation sites (tertiary alicyclic amines) is 1. The van der Waals surface area contributed by atoms with Gasteiger partial charge in [0, 0.05) is 12.7 Å². The van der Waals surface area contributed by atoms with E-state index >= 15 is 0 Å². The first-order valence-electron chi connectivity index (χ1n) is 10.1. The van der Waals surface area contributed by atoms with Gasteiger partial charge in [-0.1, -0.05) is 12.1 Å². The molecule has 1 aromatic carbocycles. The zero-order valence-electron chi connectivity index (χ0n) is 17.3. The predicted molar refractivity (Wildman–Crippen MR) is 108 cm³/mol. The largest absolute Gasteiger partial charge is 0.449 e. The Bertz CT molecular complexity index is 1190. The van der Waals surface area contributed by atoms with Crippen LogP contribution in [0.15, 0.2) is 30.5 Å². The summed E-state index contributed by atoms with van der Waals surface area (Å²) in [6, 6.07) is 5.68. The Morgan fingerprint density at radius 1 is 1.19 bits per heavy atom. The quantitative estimate of drug-likeness (QED) is 0.663. The van der Waals surface area contributed by atoms with Gasteiger partial charge < -0.3 is 15.2 Å². The molecule has 1 saturated heterocycles. The number of primary amides is 1. The number of hydrogen-bond acceptors (Lipinski definition) is 5. The molecule has 11 heteroatoms. The van der Waals surface area contributed by atoms with Gasteiger partial charge in [0.2, 0.25) is 11.7 Å². The van der Waals surface area contributed by atoms with Crippen LogP contribution in [0.25, 0.3) is 11.0 Å². The highest BCUT2D eigenvalue weighted by molar-refractivity contribution is 5.93. The fourth-order valence-electron chi connectivity index (χ4n) is 4.06. The van der Waals surface area contributed by atoms with Gasteiger partial charge in [-0.15, -0.1) is 0 Å². The molecule has 3 aromatic rings. The van der Waals surface area contributed by atoms with Gasteiger partial charge in [-0.2, -0.15) is 13.2 Å². The Kier molecular flexibility index (Phi) is 5.57. The number of carbonyl (C=O) groups is 2. The zero-order valence-corrected chi connectivity index (χ0v) is 17.3. The molecular formula is C21H21F3N6O2. The maximum absolute atomic E-state index is 13.6. The molecule has 0 bridgehead atoms. The van der Waals surface area contributed by atoms with Crippen molar-refractivity contribution in [3.05, 3.63) is 53.4 Å². The lowest BCUT2D eigenvalue weighted by molar-refractivity contribution is -0.148. The van der Waals surface area contributed by atoms with E-state index in [9.17, 15) is 22.8 Å². The zero-order chi connectivity index (χ0) is 23.0. The fraction of sp³-hybridized carbons (Fsp3) is 0.381. The Morgan fingerprint density at radius 2 is 1.94 bits per heavy atom. The van der Waals surface area contributed by atoms with Crippen LogP contribution in [-0.2, 0) is 17.5 Å². The third kappa shape index (κ3) is 4.02. The first kappa shape index (κ1) is 21.7. The molecule has 2 aromatic heterocycles. The first-order chi connectivity index (χ1) is 15.2. The van der Waals surface area contributed by atoms with Crippen LogP contribution in [-0.4, -0.2) is 42.8 Å². The summed E-state index contributed by atoms with van der Waals surface area (Å²) in [6.07, 6.45) is -1.28. The number of carbonyl (C=O) groups excluding carboxylic acids is 2. The number of rotatable bonds is 4. The van der Waals surface area contributed by atoms with Gasteiger partial charge in [0.1, 0.15) is 6.54 Å². The van der Waals surface area contributed by atoms with Crippen molar-refractivity contribution in [3.8, 4) is 0 Å². The van der Waals surface area contributed by atoms with E-state index in [1.165, 1.54) is 23.2 Å². The van der Waals surface area contributed by atoms with Crippen LogP contribution in [0.5, 0.6) is 0 Å². The van der Waals surface area contributed by atoms with Crippen LogP contribution in [0.1, 0.15) is 53.0 Å². The summed E-state index contributed by atoms with van der Waals surface area (Å²) in [5.74, 6) is -1.91. The highest BCUT2D eigenvalue weighted by atomic mass is 19.4. The number of imidazole rings is 1. The minimum atomic E-state index is -4.70. The normalized spacial score (nSPS) is 17.0. The van der Waals surface area contributed by atoms with Gasteiger partial charge in [0.25, 0.3) is 5.91 Å². The number of piperidine rings is 1. The lowest BCUT2D eigenvalue weighted by atomic mass is 10.0. The highest BCUT2D eigenvalue weighted by Crippen LogP contribution is 2.33. The van der Waals surface area contributed by atoms with Crippen molar-refractivity contribution in [2.24, 2.45) is 5.73 Å². The van der Waals surface area contributed by atoms with E-state index in [0.29, 0.717) is 24.5 Å². The van der Waals surface area contributed by atoms with Gasteiger partial charge in [-0.05, 0) is 38.3 Å². The van der Waals surface area contributed by atoms with Crippen molar-refractivity contribution in [1.29, 1.82) is 0 Å². The van der Waals surface area contributed by atoms with Crippen molar-refractivity contribution >= 4 is 22.8 Å². The van der Waals surface area contributed by atoms with Crippen LogP contribution in [0.2, 0.25) is 0 Å². The second-order valence-corrected chi connectivity index (χ2v) is 7.70. The number of amides is 2. The van der Waals surface area contributed by atoms with Crippen LogP contribution < -0.4 is 5.73 Å². The van der Waals surface area contributed by atoms with Gasteiger partial charge in [0.15, 0.2) is 5.82 Å². The molecule has 168 valence electrons. The van der Waals surface area contributed by atoms with Crippen molar-refractivity contribution in [1.82, 2.24) is 24.4 Å². The van der Waals surface area contributed by atoms with Crippen LogP contribution in [0, 0.1) is 6.92 Å². The maximum atomic E-state index is 13.6. The summed E-state index contributed by atoms with van der Waals surface area (Å²) in [4.78, 5) is 38.4. The first-order valence-corrected chi connectivity index (χ1v) is 10.1. The Balaban J connectivity index is 1.67. The molecule has 4 rings (SSSR count). The van der Waals surface area contributed by atoms with E-state index in [1.807, 2.05) is 0 Å². The second kappa shape index (κ2) is 8.21. The summed E-state index contributed by atoms with van der Waals surface area (Å²) in [5, 5.41) is 0. The maximum Gasteiger partial charge on any atom is 0.449 e. The molecule has 8 nitrogen and oxygen atoms in total. The lowest BCUT2D eigenvalue weighted by Gasteiger charge is -2.35. The summed E-state index contributed by atoms with van der Waals surface area (Å²) in [7, 11) is 0. The highest BCUT2D eigenvalue weighted by Gasteiger charge is 2.39. The number of hydrogen-bond donors (Lipinski definition) is 1. The standard InChI is InChI=1S/C21H21F3N6O2/c1-12-13(18(25)32)10-26-19(27-12)16-8-4-5-9-29(16)17(31)11-30-15-7-3-2-6-14(15)28-20(30)21(22,23)24/h2-3,6-7,10,16H,4-5,8-9,11H2,1H3,(H2,25,32)/t16-/m1/s1. The van der Waals surface area contributed by atoms with E-state index in [-0.39, 0.29) is 16.6 Å². The number of benzene rings is 1. The number of aryl methyl sites for hydroxylation is 1. The molecule has 3 heterocycles. The molecular weight excluding hydrogens is 425 g/mol. The SMILES string of the molecule is Cc1nc([C@H]2CCCCN2C(=O)Cn2c(C(F)(F)F)nc3ccccc32)ncc1C(N)=O. The third-order valence-electron chi connectivity index (χ3n) is 5.59. The summed E-state index contributed by atoms with van der Waals surface area (Å²) >= 11 is 0. The molecule has 1 fully saturated rings. The Hall–Kier alpha value is -3.50. The Morgan fingerprint density at radius 3 is 2.62 bits per heavy atom. The lowest BCUT2D eigenvalue weighted by Crippen LogP contribution is -2.41. The molecule has 0 spiro atoms. The molecule has 32 heavy (non-hydrogen) atoms. The summed E-state index contributed by atoms with van der Waals surface area (Å²) < 4.78 is 41.7. The molecule has 1 atom stereocenters. The third-order valence-corrected chi connectivity index (χ3v) is 5.59. The van der Waals surface area contributed by atoms with Crippen molar-refractivity contribution in [3.63, 3.8) is 0 Å². The minimum absolute atomic E-state index is 0.170. The molecule has 2 N–H and O–H groups in total. The molecule has 0 aliphatic carbocycles. The number of para-hydroxylation sites is 2. The molecule has 2 amide bonds. The smallest absolute Gasteiger partial charge is 0.365 e. The number of nitrogens with two attached hydrogens (primary N) is 1. The van der Waals surface area contributed by atoms with Crippen molar-refractivity contribution < 1.29 is 22.8 Å². The van der Waals surface area contributed by atoms with Gasteiger partial charge in [0.05, 0.1) is 28.3 Å². The number of halogens is 3. The van der Waals surface area contributed by atoms with E-state index in [2.05, 4.69) is 15.0 Å². The van der Waals surface area contributed by atoms with E-state index in [0.717, 1.165) is 17.4 Å². The Labute approximate surface area is 181 Å². The number of aromatic nitrogens is 4. The molecule has 0 saturated carbocycles. The van der Waals surface area contributed by atoms with Crippen LogP contribution in [0.3, 0.4) is 0 Å². The van der Waals surface area contributed by atoms with E-state index in [1.54, 1.807) is 19.1 Å². The summed E-state index contributed by atoms with van der Waals surface area (Å²) in [5.41, 5.74) is 6.28. The van der Waals surface area contributed by atoms with Crippen LogP contribution >= 0.6 is 0 Å². The average molecular weight is 446 g/mol. The van der Waals surface area contributed by atoms with Gasteiger partial charge >= 0.3 is 6.18 Å². The van der Waals surface area contributed by atoms with Gasteiger partial charge in [-0.3, -0.25) is 9.59 Å². The molecule has 1 aliphatic rings. The molecule has 0 radical (unpaired) electrons. The van der Waals surface area contributed by atoms with E-state index < -0.39 is 36.4 Å². The number of nitrogens with zero attached hydrogens (tertiary/aromatic N) is 5. The number of alkyl halides is 3. The monoisotopic (exact) mass is 446 g/mol. The van der Waals surface area contributed by atoms with E-state index in [4.69, 9.17) is 5.73 Å². The minimum Gasteiger partial charge on any atom is -0.365 e.